The number of nitrogens with one attached hydrogen (secondary N) is 2. The highest BCUT2D eigenvalue weighted by molar-refractivity contribution is 8.00. The second kappa shape index (κ2) is 4.66. The molecular weight excluding hydrogens is 258 g/mol. The van der Waals surface area contributed by atoms with Crippen molar-refractivity contribution in [2.75, 3.05) is 18.6 Å². The van der Waals surface area contributed by atoms with E-state index in [0.717, 1.165) is 23.5 Å². The Morgan fingerprint density at radius 2 is 2.29 bits per heavy atom. The molecule has 0 unspecified atom stereocenters. The summed E-state index contributed by atoms with van der Waals surface area (Å²) in [6.07, 6.45) is 4.45. The van der Waals surface area contributed by atoms with Gasteiger partial charge in [0.05, 0.1) is 5.54 Å². The maximum atomic E-state index is 11.7. The van der Waals surface area contributed by atoms with Gasteiger partial charge in [-0.05, 0) is 19.1 Å². The van der Waals surface area contributed by atoms with E-state index in [0.29, 0.717) is 10.7 Å². The minimum Gasteiger partial charge on any atom is -0.363 e. The van der Waals surface area contributed by atoms with Crippen molar-refractivity contribution < 1.29 is 9.59 Å². The van der Waals surface area contributed by atoms with E-state index in [1.165, 1.54) is 23.1 Å². The molecule has 1 fully saturated rings. The van der Waals surface area contributed by atoms with Crippen molar-refractivity contribution in [3.8, 4) is 0 Å². The number of rotatable bonds is 5. The highest BCUT2D eigenvalue weighted by Crippen LogP contribution is 2.40. The Bertz CT molecular complexity index is 454. The van der Waals surface area contributed by atoms with Gasteiger partial charge in [-0.25, -0.2) is 4.98 Å². The summed E-state index contributed by atoms with van der Waals surface area (Å²) in [4.78, 5) is 26.8. The monoisotopic (exact) mass is 271 g/mol. The lowest BCUT2D eigenvalue weighted by atomic mass is 10.3. The average Bonchev–Trinajstić information content (AvgIpc) is 3.01. The fraction of sp³-hybridized carbons (Fsp3) is 0.500. The minimum absolute atomic E-state index is 0.231. The van der Waals surface area contributed by atoms with Gasteiger partial charge in [-0.1, -0.05) is 23.1 Å². The molecule has 5 nitrogen and oxygen atoms in total. The van der Waals surface area contributed by atoms with Crippen molar-refractivity contribution in [1.82, 2.24) is 10.3 Å². The first-order chi connectivity index (χ1) is 8.14. The van der Waals surface area contributed by atoms with Gasteiger partial charge < -0.3 is 15.4 Å². The number of thioether (sulfide) groups is 1. The van der Waals surface area contributed by atoms with Gasteiger partial charge in [-0.15, -0.1) is 0 Å². The van der Waals surface area contributed by atoms with Crippen molar-refractivity contribution in [2.45, 2.75) is 22.7 Å². The molecule has 0 bridgehead atoms. The summed E-state index contributed by atoms with van der Waals surface area (Å²) in [6, 6.07) is 0. The Morgan fingerprint density at radius 1 is 1.59 bits per heavy atom. The van der Waals surface area contributed by atoms with Crippen LogP contribution in [0, 0.1) is 0 Å². The van der Waals surface area contributed by atoms with Crippen molar-refractivity contribution in [2.24, 2.45) is 0 Å². The third-order valence-corrected chi connectivity index (χ3v) is 4.56. The quantitative estimate of drug-likeness (QED) is 0.625. The molecule has 1 amide bonds. The van der Waals surface area contributed by atoms with E-state index in [1.54, 1.807) is 7.05 Å². The van der Waals surface area contributed by atoms with Gasteiger partial charge in [-0.2, -0.15) is 0 Å². The van der Waals surface area contributed by atoms with Crippen LogP contribution < -0.4 is 10.6 Å². The second-order valence-electron chi connectivity index (χ2n) is 3.84. The van der Waals surface area contributed by atoms with Crippen molar-refractivity contribution in [3.05, 3.63) is 5.69 Å². The Balaban J connectivity index is 2.28. The third-order valence-electron chi connectivity index (χ3n) is 2.60. The molecule has 1 heterocycles. The predicted molar refractivity (Wildman–Crippen MR) is 68.9 cm³/mol. The molecule has 1 aromatic heterocycles. The zero-order valence-corrected chi connectivity index (χ0v) is 11.2. The molecule has 2 rings (SSSR count). The molecule has 0 aliphatic heterocycles. The Hall–Kier alpha value is -1.08. The van der Waals surface area contributed by atoms with Crippen molar-refractivity contribution in [1.29, 1.82) is 0 Å². The number of aromatic nitrogens is 1. The van der Waals surface area contributed by atoms with Gasteiger partial charge >= 0.3 is 0 Å². The van der Waals surface area contributed by atoms with Crippen LogP contribution in [0.25, 0.3) is 0 Å². The molecule has 0 radical (unpaired) electrons. The van der Waals surface area contributed by atoms with E-state index in [-0.39, 0.29) is 5.91 Å². The second-order valence-corrected chi connectivity index (χ2v) is 5.89. The molecule has 2 N–H and O–H groups in total. The van der Waals surface area contributed by atoms with Crippen LogP contribution in [0.1, 0.15) is 23.3 Å². The number of hydrogen-bond donors (Lipinski definition) is 2. The van der Waals surface area contributed by atoms with Gasteiger partial charge in [-0.3, -0.25) is 4.79 Å². The molecule has 92 valence electrons. The van der Waals surface area contributed by atoms with Gasteiger partial charge in [0.2, 0.25) is 0 Å². The Labute approximate surface area is 107 Å². The maximum absolute atomic E-state index is 11.7. The van der Waals surface area contributed by atoms with Crippen LogP contribution in [0.2, 0.25) is 0 Å². The average molecular weight is 271 g/mol. The van der Waals surface area contributed by atoms with E-state index in [9.17, 15) is 9.59 Å². The van der Waals surface area contributed by atoms with E-state index < -0.39 is 5.54 Å². The largest absolute Gasteiger partial charge is 0.363 e. The number of nitrogens with zero attached hydrogens (tertiary/aromatic N) is 1. The van der Waals surface area contributed by atoms with Crippen LogP contribution in [0.3, 0.4) is 0 Å². The molecule has 0 atom stereocenters. The Morgan fingerprint density at radius 3 is 2.76 bits per heavy atom. The van der Waals surface area contributed by atoms with Gasteiger partial charge in [0.1, 0.15) is 11.3 Å². The molecule has 0 aromatic carbocycles. The first kappa shape index (κ1) is 12.4. The molecule has 17 heavy (non-hydrogen) atoms. The summed E-state index contributed by atoms with van der Waals surface area (Å²) in [5, 5.41) is 6.36. The van der Waals surface area contributed by atoms with Crippen LogP contribution in [-0.2, 0) is 4.79 Å². The summed E-state index contributed by atoms with van der Waals surface area (Å²) >= 11 is 2.89. The number of hydrogen-bond acceptors (Lipinski definition) is 6. The van der Waals surface area contributed by atoms with E-state index in [4.69, 9.17) is 0 Å². The van der Waals surface area contributed by atoms with Crippen molar-refractivity contribution in [3.63, 3.8) is 0 Å². The SMILES string of the molecule is CNC(=O)c1nc(SC)sc1NC1(C=O)CC1. The lowest BCUT2D eigenvalue weighted by molar-refractivity contribution is -0.109. The zero-order chi connectivity index (χ0) is 12.5. The van der Waals surface area contributed by atoms with Crippen LogP contribution in [-0.4, -0.2) is 36.0 Å². The fourth-order valence-corrected chi connectivity index (χ4v) is 2.94. The van der Waals surface area contributed by atoms with E-state index in [2.05, 4.69) is 15.6 Å². The van der Waals surface area contributed by atoms with E-state index >= 15 is 0 Å². The maximum Gasteiger partial charge on any atom is 0.272 e. The highest BCUT2D eigenvalue weighted by atomic mass is 32.2. The molecule has 0 saturated heterocycles. The molecule has 0 spiro atoms. The molecule has 7 heteroatoms. The molecule has 1 aliphatic carbocycles. The molecule has 1 saturated carbocycles. The van der Waals surface area contributed by atoms with Gasteiger partial charge in [0, 0.05) is 7.05 Å². The Kier molecular flexibility index (Phi) is 3.39. The summed E-state index contributed by atoms with van der Waals surface area (Å²) in [5.74, 6) is -0.231. The zero-order valence-electron chi connectivity index (χ0n) is 9.57. The summed E-state index contributed by atoms with van der Waals surface area (Å²) < 4.78 is 0.813. The van der Waals surface area contributed by atoms with Crippen LogP contribution >= 0.6 is 23.1 Å². The number of thiazole rings is 1. The number of carbonyl (C=O) groups is 2. The third kappa shape index (κ3) is 2.44. The first-order valence-corrected chi connectivity index (χ1v) is 7.19. The lowest BCUT2D eigenvalue weighted by Crippen LogP contribution is -2.25. The minimum atomic E-state index is -0.467. The first-order valence-electron chi connectivity index (χ1n) is 5.15. The van der Waals surface area contributed by atoms with Gasteiger partial charge in [0.15, 0.2) is 10.0 Å². The summed E-state index contributed by atoms with van der Waals surface area (Å²) in [5.41, 5.74) is -0.0969. The van der Waals surface area contributed by atoms with Crippen molar-refractivity contribution >= 4 is 40.3 Å². The predicted octanol–water partition coefficient (Wildman–Crippen LogP) is 1.37. The number of anilines is 1. The number of amides is 1. The van der Waals surface area contributed by atoms with Crippen LogP contribution in [0.5, 0.6) is 0 Å². The molecule has 1 aliphatic rings. The normalized spacial score (nSPS) is 16.4. The number of carbonyl (C=O) groups excluding carboxylic acids is 2. The highest BCUT2D eigenvalue weighted by Gasteiger charge is 2.43. The van der Waals surface area contributed by atoms with E-state index in [1.807, 2.05) is 6.26 Å². The molecule has 1 aromatic rings. The van der Waals surface area contributed by atoms with Crippen LogP contribution in [0.4, 0.5) is 5.00 Å². The topological polar surface area (TPSA) is 71.1 Å². The van der Waals surface area contributed by atoms with Gasteiger partial charge in [0.25, 0.3) is 5.91 Å². The number of aldehydes is 1. The molecular formula is C10H13N3O2S2. The summed E-state index contributed by atoms with van der Waals surface area (Å²) in [7, 11) is 1.57. The summed E-state index contributed by atoms with van der Waals surface area (Å²) in [6.45, 7) is 0. The van der Waals surface area contributed by atoms with Crippen LogP contribution in [0.15, 0.2) is 4.34 Å². The smallest absolute Gasteiger partial charge is 0.272 e. The standard InChI is InChI=1S/C10H13N3O2S2/c1-11-7(15)6-8(17-9(12-6)16-2)13-10(5-14)3-4-10/h5,13H,3-4H2,1-2H3,(H,11,15). The fourth-order valence-electron chi connectivity index (χ4n) is 1.38. The lowest BCUT2D eigenvalue weighted by Gasteiger charge is -2.10.